The maximum absolute atomic E-state index is 12.9. The standard InChI is InChI=1S/C19H18ClN3O3/c1-11-16(18(25)21-13-9-7-12(20)8-10-13)17(22-19(26)23(11)2)14-5-3-4-6-15(14)24/h3-10,17,24H,1-2H3,(H,21,25)(H,22,26). The van der Waals surface area contributed by atoms with Crippen LogP contribution in [-0.4, -0.2) is 29.0 Å². The van der Waals surface area contributed by atoms with E-state index in [1.807, 2.05) is 0 Å². The number of urea groups is 1. The molecule has 1 aliphatic rings. The molecule has 3 N–H and O–H groups in total. The number of amides is 3. The van der Waals surface area contributed by atoms with Gasteiger partial charge < -0.3 is 20.6 Å². The fraction of sp³-hybridized carbons (Fsp3) is 0.158. The summed E-state index contributed by atoms with van der Waals surface area (Å²) in [5.41, 5.74) is 1.89. The highest BCUT2D eigenvalue weighted by atomic mass is 35.5. The van der Waals surface area contributed by atoms with Crippen molar-refractivity contribution in [3.8, 4) is 5.75 Å². The van der Waals surface area contributed by atoms with Crippen molar-refractivity contribution < 1.29 is 14.7 Å². The lowest BCUT2D eigenvalue weighted by molar-refractivity contribution is -0.113. The Morgan fingerprint density at radius 1 is 1.19 bits per heavy atom. The van der Waals surface area contributed by atoms with E-state index in [4.69, 9.17) is 11.6 Å². The van der Waals surface area contributed by atoms with E-state index in [9.17, 15) is 14.7 Å². The molecule has 2 aromatic carbocycles. The first-order chi connectivity index (χ1) is 12.4. The molecule has 0 spiro atoms. The third-order valence-corrected chi connectivity index (χ3v) is 4.60. The van der Waals surface area contributed by atoms with E-state index in [2.05, 4.69) is 10.6 Å². The molecule has 0 saturated carbocycles. The number of hydrogen-bond donors (Lipinski definition) is 3. The Labute approximate surface area is 156 Å². The summed E-state index contributed by atoms with van der Waals surface area (Å²) >= 11 is 5.87. The number of phenolic OH excluding ortho intramolecular Hbond substituents is 1. The van der Waals surface area contributed by atoms with Gasteiger partial charge in [-0.15, -0.1) is 0 Å². The second-order valence-electron chi connectivity index (χ2n) is 5.96. The first-order valence-corrected chi connectivity index (χ1v) is 8.36. The third kappa shape index (κ3) is 3.36. The number of halogens is 1. The Kier molecular flexibility index (Phi) is 4.86. The van der Waals surface area contributed by atoms with Gasteiger partial charge >= 0.3 is 6.03 Å². The highest BCUT2D eigenvalue weighted by Crippen LogP contribution is 2.34. The zero-order chi connectivity index (χ0) is 18.8. The van der Waals surface area contributed by atoms with E-state index in [0.717, 1.165) is 0 Å². The number of phenols is 1. The van der Waals surface area contributed by atoms with Gasteiger partial charge in [0.15, 0.2) is 0 Å². The van der Waals surface area contributed by atoms with Crippen LogP contribution in [-0.2, 0) is 4.79 Å². The van der Waals surface area contributed by atoms with E-state index in [0.29, 0.717) is 27.5 Å². The summed E-state index contributed by atoms with van der Waals surface area (Å²) in [7, 11) is 1.58. The fourth-order valence-corrected chi connectivity index (χ4v) is 2.95. The first kappa shape index (κ1) is 17.8. The van der Waals surface area contributed by atoms with Crippen LogP contribution in [0.5, 0.6) is 5.75 Å². The Morgan fingerprint density at radius 2 is 1.85 bits per heavy atom. The van der Waals surface area contributed by atoms with Crippen LogP contribution in [0.3, 0.4) is 0 Å². The molecule has 6 nitrogen and oxygen atoms in total. The van der Waals surface area contributed by atoms with Crippen molar-refractivity contribution in [2.45, 2.75) is 13.0 Å². The minimum absolute atomic E-state index is 0.00643. The van der Waals surface area contributed by atoms with Crippen LogP contribution in [0.1, 0.15) is 18.5 Å². The molecule has 0 bridgehead atoms. The largest absolute Gasteiger partial charge is 0.508 e. The SMILES string of the molecule is CC1=C(C(=O)Nc2ccc(Cl)cc2)C(c2ccccc2O)NC(=O)N1C. The van der Waals surface area contributed by atoms with Crippen molar-refractivity contribution in [2.24, 2.45) is 0 Å². The van der Waals surface area contributed by atoms with Gasteiger partial charge in [0.1, 0.15) is 5.75 Å². The molecule has 1 unspecified atom stereocenters. The zero-order valence-electron chi connectivity index (χ0n) is 14.3. The molecule has 3 rings (SSSR count). The minimum atomic E-state index is -0.757. The Balaban J connectivity index is 2.01. The first-order valence-electron chi connectivity index (χ1n) is 7.98. The molecule has 0 radical (unpaired) electrons. The Hall–Kier alpha value is -2.99. The summed E-state index contributed by atoms with van der Waals surface area (Å²) in [4.78, 5) is 26.5. The van der Waals surface area contributed by atoms with Crippen LogP contribution in [0, 0.1) is 0 Å². The van der Waals surface area contributed by atoms with Gasteiger partial charge in [-0.2, -0.15) is 0 Å². The monoisotopic (exact) mass is 371 g/mol. The van der Waals surface area contributed by atoms with Gasteiger partial charge in [-0.05, 0) is 37.3 Å². The van der Waals surface area contributed by atoms with Gasteiger partial charge in [-0.1, -0.05) is 29.8 Å². The molecule has 1 atom stereocenters. The highest BCUT2D eigenvalue weighted by molar-refractivity contribution is 6.30. The Bertz CT molecular complexity index is 893. The van der Waals surface area contributed by atoms with Crippen LogP contribution in [0.15, 0.2) is 59.8 Å². The van der Waals surface area contributed by atoms with Gasteiger partial charge in [-0.3, -0.25) is 4.79 Å². The number of anilines is 1. The average Bonchev–Trinajstić information content (AvgIpc) is 2.61. The summed E-state index contributed by atoms with van der Waals surface area (Å²) in [5, 5.41) is 16.3. The molecule has 26 heavy (non-hydrogen) atoms. The van der Waals surface area contributed by atoms with Crippen LogP contribution in [0.2, 0.25) is 5.02 Å². The summed E-state index contributed by atoms with van der Waals surface area (Å²) in [6.07, 6.45) is 0. The van der Waals surface area contributed by atoms with Crippen molar-refractivity contribution in [3.05, 3.63) is 70.4 Å². The van der Waals surface area contributed by atoms with E-state index in [1.165, 1.54) is 11.0 Å². The molecule has 1 aliphatic heterocycles. The van der Waals surface area contributed by atoms with E-state index in [-0.39, 0.29) is 17.7 Å². The van der Waals surface area contributed by atoms with Crippen LogP contribution >= 0.6 is 11.6 Å². The van der Waals surface area contributed by atoms with Gasteiger partial charge in [0, 0.05) is 29.0 Å². The molecule has 7 heteroatoms. The molecular formula is C19H18ClN3O3. The lowest BCUT2D eigenvalue weighted by Gasteiger charge is -2.33. The number of aromatic hydroxyl groups is 1. The maximum Gasteiger partial charge on any atom is 0.322 e. The van der Waals surface area contributed by atoms with Crippen molar-refractivity contribution in [1.29, 1.82) is 0 Å². The highest BCUT2D eigenvalue weighted by Gasteiger charge is 2.35. The average molecular weight is 372 g/mol. The smallest absolute Gasteiger partial charge is 0.322 e. The van der Waals surface area contributed by atoms with Gasteiger partial charge in [0.05, 0.1) is 11.6 Å². The number of allylic oxidation sites excluding steroid dienone is 1. The van der Waals surface area contributed by atoms with E-state index >= 15 is 0 Å². The third-order valence-electron chi connectivity index (χ3n) is 4.35. The summed E-state index contributed by atoms with van der Waals surface area (Å²) in [5.74, 6) is -0.364. The van der Waals surface area contributed by atoms with Crippen molar-refractivity contribution in [1.82, 2.24) is 10.2 Å². The number of para-hydroxylation sites is 1. The Morgan fingerprint density at radius 3 is 2.50 bits per heavy atom. The van der Waals surface area contributed by atoms with Gasteiger partial charge in [0.25, 0.3) is 5.91 Å². The van der Waals surface area contributed by atoms with Crippen LogP contribution < -0.4 is 10.6 Å². The number of rotatable bonds is 3. The second-order valence-corrected chi connectivity index (χ2v) is 6.40. The van der Waals surface area contributed by atoms with Crippen molar-refractivity contribution in [2.75, 3.05) is 12.4 Å². The number of nitrogens with zero attached hydrogens (tertiary/aromatic N) is 1. The molecule has 2 aromatic rings. The van der Waals surface area contributed by atoms with E-state index in [1.54, 1.807) is 56.4 Å². The summed E-state index contributed by atoms with van der Waals surface area (Å²) < 4.78 is 0. The van der Waals surface area contributed by atoms with Crippen LogP contribution in [0.25, 0.3) is 0 Å². The van der Waals surface area contributed by atoms with Crippen LogP contribution in [0.4, 0.5) is 10.5 Å². The van der Waals surface area contributed by atoms with Crippen molar-refractivity contribution >= 4 is 29.2 Å². The fourth-order valence-electron chi connectivity index (χ4n) is 2.83. The molecule has 3 amide bonds. The number of benzene rings is 2. The molecule has 134 valence electrons. The molecule has 0 aromatic heterocycles. The maximum atomic E-state index is 12.9. The summed E-state index contributed by atoms with van der Waals surface area (Å²) in [6, 6.07) is 12.2. The zero-order valence-corrected chi connectivity index (χ0v) is 15.0. The quantitative estimate of drug-likeness (QED) is 0.770. The normalized spacial score (nSPS) is 17.1. The minimum Gasteiger partial charge on any atom is -0.508 e. The number of hydrogen-bond acceptors (Lipinski definition) is 3. The molecule has 0 saturated heterocycles. The van der Waals surface area contributed by atoms with Crippen molar-refractivity contribution in [3.63, 3.8) is 0 Å². The number of carbonyl (C=O) groups excluding carboxylic acids is 2. The van der Waals surface area contributed by atoms with Gasteiger partial charge in [-0.25, -0.2) is 4.79 Å². The molecule has 0 fully saturated rings. The lowest BCUT2D eigenvalue weighted by Crippen LogP contribution is -2.46. The number of carbonyl (C=O) groups is 2. The van der Waals surface area contributed by atoms with Gasteiger partial charge in [0.2, 0.25) is 0 Å². The predicted molar refractivity (Wildman–Crippen MR) is 99.9 cm³/mol. The lowest BCUT2D eigenvalue weighted by atomic mass is 9.93. The predicted octanol–water partition coefficient (Wildman–Crippen LogP) is 3.65. The van der Waals surface area contributed by atoms with E-state index < -0.39 is 6.04 Å². The second kappa shape index (κ2) is 7.09. The topological polar surface area (TPSA) is 81.7 Å². The number of nitrogens with one attached hydrogen (secondary N) is 2. The molecular weight excluding hydrogens is 354 g/mol. The molecule has 1 heterocycles. The summed E-state index contributed by atoms with van der Waals surface area (Å²) in [6.45, 7) is 1.70. The molecule has 0 aliphatic carbocycles.